The number of anilines is 3. The molecule has 0 atom stereocenters. The number of benzene rings is 6. The lowest BCUT2D eigenvalue weighted by atomic mass is 9.82. The van der Waals surface area contributed by atoms with Gasteiger partial charge in [0.2, 0.25) is 0 Å². The van der Waals surface area contributed by atoms with Crippen LogP contribution in [0.15, 0.2) is 152 Å². The summed E-state index contributed by atoms with van der Waals surface area (Å²) in [5.74, 6) is 0.596. The Morgan fingerprint density at radius 3 is 1.94 bits per heavy atom. The van der Waals surface area contributed by atoms with Crippen LogP contribution in [0.4, 0.5) is 17.1 Å². The van der Waals surface area contributed by atoms with Crippen LogP contribution >= 0.6 is 0 Å². The smallest absolute Gasteiger partial charge is 0.0963 e. The summed E-state index contributed by atoms with van der Waals surface area (Å²) in [7, 11) is 0. The molecule has 2 aliphatic carbocycles. The number of hydrogen-bond donors (Lipinski definition) is 0. The molecule has 0 unspecified atom stereocenters. The minimum absolute atomic E-state index is 0.0845. The molecule has 51 heavy (non-hydrogen) atoms. The minimum Gasteiger partial charge on any atom is -0.310 e. The number of fused-ring (bicyclic) bond motifs is 6. The third-order valence-electron chi connectivity index (χ3n) is 11.3. The quantitative estimate of drug-likeness (QED) is 0.177. The van der Waals surface area contributed by atoms with Crippen LogP contribution in [0.3, 0.4) is 0 Å². The van der Waals surface area contributed by atoms with E-state index in [4.69, 9.17) is 5.10 Å². The van der Waals surface area contributed by atoms with Gasteiger partial charge in [-0.05, 0) is 101 Å². The first-order chi connectivity index (χ1) is 25.0. The van der Waals surface area contributed by atoms with Crippen LogP contribution in [-0.2, 0) is 5.41 Å². The number of aryl methyl sites for hydroxylation is 1. The first-order valence-corrected chi connectivity index (χ1v) is 18.2. The highest BCUT2D eigenvalue weighted by Crippen LogP contribution is 2.51. The fourth-order valence-corrected chi connectivity index (χ4v) is 8.48. The first-order valence-electron chi connectivity index (χ1n) is 18.2. The molecule has 0 spiro atoms. The molecule has 3 nitrogen and oxygen atoms in total. The summed E-state index contributed by atoms with van der Waals surface area (Å²) in [6, 6.07) is 55.6. The van der Waals surface area contributed by atoms with E-state index in [0.29, 0.717) is 5.92 Å². The number of pyridine rings is 1. The van der Waals surface area contributed by atoms with E-state index in [2.05, 4.69) is 182 Å². The topological polar surface area (TPSA) is 20.5 Å². The molecule has 2 heterocycles. The highest BCUT2D eigenvalue weighted by atomic mass is 15.2. The third-order valence-corrected chi connectivity index (χ3v) is 11.3. The molecular weight excluding hydrogens is 619 g/mol. The maximum atomic E-state index is 5.30. The number of rotatable bonds is 6. The molecule has 1 fully saturated rings. The summed E-state index contributed by atoms with van der Waals surface area (Å²) in [4.78, 5) is 2.40. The van der Waals surface area contributed by atoms with Crippen molar-refractivity contribution < 1.29 is 0 Å². The third kappa shape index (κ3) is 4.76. The van der Waals surface area contributed by atoms with E-state index in [-0.39, 0.29) is 5.41 Å². The molecule has 3 heteroatoms. The SMILES string of the molecule is Cc1c(-c2ccc(N(c3ccc(-c4ccccc4)cc3)c3ccc4c(c3)C(C)(C)c3ccccc3-4)cc2)nn2c(C3CC3)cc3ccccc3c12. The van der Waals surface area contributed by atoms with E-state index in [9.17, 15) is 0 Å². The van der Waals surface area contributed by atoms with E-state index >= 15 is 0 Å². The van der Waals surface area contributed by atoms with Gasteiger partial charge in [-0.1, -0.05) is 123 Å². The van der Waals surface area contributed by atoms with Crippen molar-refractivity contribution in [3.63, 3.8) is 0 Å². The van der Waals surface area contributed by atoms with Crippen molar-refractivity contribution in [1.29, 1.82) is 0 Å². The van der Waals surface area contributed by atoms with Gasteiger partial charge in [-0.3, -0.25) is 0 Å². The average Bonchev–Trinajstić information content (AvgIpc) is 3.93. The molecule has 246 valence electrons. The van der Waals surface area contributed by atoms with E-state index < -0.39 is 0 Å². The van der Waals surface area contributed by atoms with Crippen molar-refractivity contribution in [3.8, 4) is 33.5 Å². The predicted molar refractivity (Wildman–Crippen MR) is 213 cm³/mol. The first kappa shape index (κ1) is 29.9. The summed E-state index contributed by atoms with van der Waals surface area (Å²) >= 11 is 0. The second-order valence-corrected chi connectivity index (χ2v) is 14.9. The van der Waals surface area contributed by atoms with Crippen LogP contribution in [0.2, 0.25) is 0 Å². The zero-order valence-corrected chi connectivity index (χ0v) is 29.3. The zero-order chi connectivity index (χ0) is 34.3. The predicted octanol–water partition coefficient (Wildman–Crippen LogP) is 12.8. The molecule has 0 amide bonds. The van der Waals surface area contributed by atoms with Gasteiger partial charge in [-0.2, -0.15) is 5.10 Å². The summed E-state index contributed by atoms with van der Waals surface area (Å²) in [6.45, 7) is 6.94. The van der Waals surface area contributed by atoms with Crippen LogP contribution in [0.5, 0.6) is 0 Å². The van der Waals surface area contributed by atoms with Gasteiger partial charge in [0.25, 0.3) is 0 Å². The monoisotopic (exact) mass is 657 g/mol. The van der Waals surface area contributed by atoms with Gasteiger partial charge in [0.15, 0.2) is 0 Å². The van der Waals surface area contributed by atoms with Gasteiger partial charge in [0.05, 0.1) is 11.2 Å². The largest absolute Gasteiger partial charge is 0.310 e. The maximum Gasteiger partial charge on any atom is 0.0963 e. The molecule has 0 bridgehead atoms. The van der Waals surface area contributed by atoms with Crippen LogP contribution in [0, 0.1) is 6.92 Å². The van der Waals surface area contributed by atoms with Crippen LogP contribution in [0.25, 0.3) is 49.8 Å². The lowest BCUT2D eigenvalue weighted by Crippen LogP contribution is -2.16. The lowest BCUT2D eigenvalue weighted by molar-refractivity contribution is 0.660. The molecule has 0 aliphatic heterocycles. The average molecular weight is 658 g/mol. The van der Waals surface area contributed by atoms with Crippen LogP contribution in [-0.4, -0.2) is 9.61 Å². The second-order valence-electron chi connectivity index (χ2n) is 14.9. The summed E-state index contributed by atoms with van der Waals surface area (Å²) in [5, 5.41) is 7.86. The van der Waals surface area contributed by atoms with Gasteiger partial charge in [0.1, 0.15) is 0 Å². The minimum atomic E-state index is -0.0845. The van der Waals surface area contributed by atoms with Gasteiger partial charge < -0.3 is 4.90 Å². The molecule has 2 aliphatic rings. The molecule has 10 rings (SSSR count). The fraction of sp³-hybridized carbons (Fsp3) is 0.146. The molecule has 0 N–H and O–H groups in total. The van der Waals surface area contributed by atoms with Crippen molar-refractivity contribution in [2.75, 3.05) is 4.90 Å². The Balaban J connectivity index is 1.09. The molecule has 8 aromatic rings. The second kappa shape index (κ2) is 11.3. The van der Waals surface area contributed by atoms with Crippen molar-refractivity contribution >= 4 is 33.4 Å². The van der Waals surface area contributed by atoms with Gasteiger partial charge in [0, 0.05) is 50.6 Å². The molecule has 0 saturated heterocycles. The number of aromatic nitrogens is 2. The fourth-order valence-electron chi connectivity index (χ4n) is 8.48. The van der Waals surface area contributed by atoms with Crippen molar-refractivity contribution in [2.45, 2.75) is 44.9 Å². The standard InChI is InChI=1S/C48H39N3/c1-31-46(49-51-45(34-17-18-34)29-36-13-7-8-14-40(36)47(31)51)35-21-25-38(26-22-35)50(37-23-19-33(20-24-37)32-11-5-4-6-12-32)39-27-28-42-41-15-9-10-16-43(41)48(2,3)44(42)30-39/h4-16,19-30,34H,17-18H2,1-3H3. The van der Waals surface area contributed by atoms with E-state index in [1.54, 1.807) is 0 Å². The van der Waals surface area contributed by atoms with E-state index in [0.717, 1.165) is 28.3 Å². The van der Waals surface area contributed by atoms with Gasteiger partial charge in [-0.15, -0.1) is 0 Å². The summed E-state index contributed by atoms with van der Waals surface area (Å²) < 4.78 is 2.24. The number of nitrogens with zero attached hydrogens (tertiary/aromatic N) is 3. The molecule has 1 saturated carbocycles. The van der Waals surface area contributed by atoms with Crippen molar-refractivity contribution in [3.05, 3.63) is 174 Å². The van der Waals surface area contributed by atoms with Crippen molar-refractivity contribution in [1.82, 2.24) is 9.61 Å². The Morgan fingerprint density at radius 1 is 0.588 bits per heavy atom. The Morgan fingerprint density at radius 2 is 1.20 bits per heavy atom. The highest BCUT2D eigenvalue weighted by Gasteiger charge is 2.36. The Kier molecular flexibility index (Phi) is 6.63. The number of hydrogen-bond acceptors (Lipinski definition) is 2. The molecule has 6 aromatic carbocycles. The molecule has 0 radical (unpaired) electrons. The molecule has 2 aromatic heterocycles. The Hall–Kier alpha value is -5.93. The van der Waals surface area contributed by atoms with E-state index in [1.165, 1.54) is 73.8 Å². The Labute approximate surface area is 299 Å². The summed E-state index contributed by atoms with van der Waals surface area (Å²) in [5.41, 5.74) is 17.1. The van der Waals surface area contributed by atoms with E-state index in [1.807, 2.05) is 0 Å². The zero-order valence-electron chi connectivity index (χ0n) is 29.3. The van der Waals surface area contributed by atoms with Crippen LogP contribution < -0.4 is 4.90 Å². The highest BCUT2D eigenvalue weighted by molar-refractivity contribution is 5.99. The van der Waals surface area contributed by atoms with Crippen molar-refractivity contribution in [2.24, 2.45) is 0 Å². The normalized spacial score (nSPS) is 14.5. The lowest BCUT2D eigenvalue weighted by Gasteiger charge is -2.28. The van der Waals surface area contributed by atoms with Gasteiger partial charge >= 0.3 is 0 Å². The summed E-state index contributed by atoms with van der Waals surface area (Å²) in [6.07, 6.45) is 2.48. The molecular formula is C48H39N3. The van der Waals surface area contributed by atoms with Crippen LogP contribution in [0.1, 0.15) is 55.0 Å². The Bertz CT molecular complexity index is 2610. The van der Waals surface area contributed by atoms with Gasteiger partial charge in [-0.25, -0.2) is 4.52 Å². The maximum absolute atomic E-state index is 5.30.